The van der Waals surface area contributed by atoms with E-state index in [-0.39, 0.29) is 12.2 Å². The van der Waals surface area contributed by atoms with E-state index in [1.807, 2.05) is 20.8 Å². The molecule has 2 aromatic rings. The first-order valence-electron chi connectivity index (χ1n) is 5.87. The molecular weight excluding hydrogens is 246 g/mol. The third-order valence-electron chi connectivity index (χ3n) is 2.79. The van der Waals surface area contributed by atoms with Gasteiger partial charge in [-0.3, -0.25) is 0 Å². The van der Waals surface area contributed by atoms with Crippen molar-refractivity contribution in [2.45, 2.75) is 27.4 Å². The van der Waals surface area contributed by atoms with Crippen LogP contribution in [0.1, 0.15) is 33.3 Å². The lowest BCUT2D eigenvalue weighted by molar-refractivity contribution is 0.0691. The van der Waals surface area contributed by atoms with Gasteiger partial charge in [0.05, 0.1) is 5.69 Å². The first-order valence-corrected chi connectivity index (χ1v) is 5.87. The molecule has 5 nitrogen and oxygen atoms in total. The average Bonchev–Trinajstić information content (AvgIpc) is 2.66. The van der Waals surface area contributed by atoms with Gasteiger partial charge in [0, 0.05) is 0 Å². The van der Waals surface area contributed by atoms with Crippen molar-refractivity contribution >= 4 is 5.97 Å². The first-order chi connectivity index (χ1) is 8.97. The van der Waals surface area contributed by atoms with Crippen LogP contribution in [0.4, 0.5) is 0 Å². The Hall–Kier alpha value is -2.30. The summed E-state index contributed by atoms with van der Waals surface area (Å²) in [5, 5.41) is 9.08. The van der Waals surface area contributed by atoms with Gasteiger partial charge in [-0.15, -0.1) is 0 Å². The summed E-state index contributed by atoms with van der Waals surface area (Å²) in [4.78, 5) is 15.3. The Bertz CT molecular complexity index is 596. The molecule has 0 aliphatic heterocycles. The fourth-order valence-electron chi connectivity index (χ4n) is 1.67. The highest BCUT2D eigenvalue weighted by atomic mass is 16.5. The van der Waals surface area contributed by atoms with E-state index in [9.17, 15) is 4.79 Å². The van der Waals surface area contributed by atoms with E-state index in [4.69, 9.17) is 14.3 Å². The lowest BCUT2D eigenvalue weighted by Crippen LogP contribution is -2.04. The van der Waals surface area contributed by atoms with Crippen molar-refractivity contribution in [1.29, 1.82) is 0 Å². The van der Waals surface area contributed by atoms with Crippen LogP contribution in [0.2, 0.25) is 0 Å². The molecule has 100 valence electrons. The number of carboxylic acids is 1. The zero-order valence-corrected chi connectivity index (χ0v) is 11.1. The van der Waals surface area contributed by atoms with Gasteiger partial charge >= 0.3 is 5.97 Å². The second kappa shape index (κ2) is 5.14. The first kappa shape index (κ1) is 13.1. The lowest BCUT2D eigenvalue weighted by atomic mass is 10.1. The molecule has 0 radical (unpaired) electrons. The van der Waals surface area contributed by atoms with Gasteiger partial charge in [0.15, 0.2) is 6.61 Å². The largest absolute Gasteiger partial charge is 0.483 e. The van der Waals surface area contributed by atoms with Crippen molar-refractivity contribution in [2.75, 3.05) is 0 Å². The second-order valence-electron chi connectivity index (χ2n) is 4.34. The summed E-state index contributed by atoms with van der Waals surface area (Å²) in [6.07, 6.45) is 0. The predicted octanol–water partition coefficient (Wildman–Crippen LogP) is 2.88. The van der Waals surface area contributed by atoms with Crippen LogP contribution < -0.4 is 4.74 Å². The fraction of sp³-hybridized carbons (Fsp3) is 0.286. The number of rotatable bonds is 4. The average molecular weight is 261 g/mol. The van der Waals surface area contributed by atoms with E-state index in [1.165, 1.54) is 6.07 Å². The highest BCUT2D eigenvalue weighted by molar-refractivity contribution is 5.90. The van der Waals surface area contributed by atoms with Gasteiger partial charge < -0.3 is 14.3 Å². The Morgan fingerprint density at radius 1 is 1.37 bits per heavy atom. The maximum Gasteiger partial charge on any atom is 0.339 e. The SMILES string of the molecule is Cc1ccc(C(=O)O)c(OCc2nc(C)c(C)o2)c1. The van der Waals surface area contributed by atoms with Crippen molar-refractivity contribution in [1.82, 2.24) is 4.98 Å². The van der Waals surface area contributed by atoms with Gasteiger partial charge in [-0.25, -0.2) is 9.78 Å². The van der Waals surface area contributed by atoms with E-state index >= 15 is 0 Å². The van der Waals surface area contributed by atoms with Crippen LogP contribution in [0.15, 0.2) is 22.6 Å². The number of aromatic nitrogens is 1. The molecule has 1 aromatic heterocycles. The van der Waals surface area contributed by atoms with Crippen LogP contribution in [-0.2, 0) is 6.61 Å². The van der Waals surface area contributed by atoms with E-state index in [1.54, 1.807) is 12.1 Å². The molecule has 0 aliphatic carbocycles. The van der Waals surface area contributed by atoms with Crippen LogP contribution in [0.3, 0.4) is 0 Å². The topological polar surface area (TPSA) is 72.6 Å². The minimum Gasteiger partial charge on any atom is -0.483 e. The summed E-state index contributed by atoms with van der Waals surface area (Å²) in [5.74, 6) is 0.477. The molecular formula is C14H15NO4. The molecule has 0 aliphatic rings. The van der Waals surface area contributed by atoms with Crippen molar-refractivity contribution in [3.63, 3.8) is 0 Å². The summed E-state index contributed by atoms with van der Waals surface area (Å²) in [5.41, 5.74) is 1.87. The maximum atomic E-state index is 11.1. The highest BCUT2D eigenvalue weighted by Crippen LogP contribution is 2.22. The molecule has 0 atom stereocenters. The summed E-state index contributed by atoms with van der Waals surface area (Å²) in [7, 11) is 0. The van der Waals surface area contributed by atoms with Crippen molar-refractivity contribution in [3.8, 4) is 5.75 Å². The Labute approximate surface area is 110 Å². The molecule has 0 spiro atoms. The number of benzene rings is 1. The highest BCUT2D eigenvalue weighted by Gasteiger charge is 2.13. The Morgan fingerprint density at radius 3 is 2.68 bits per heavy atom. The van der Waals surface area contributed by atoms with Crippen LogP contribution in [0.25, 0.3) is 0 Å². The minimum absolute atomic E-state index is 0.110. The summed E-state index contributed by atoms with van der Waals surface area (Å²) >= 11 is 0. The molecule has 1 N–H and O–H groups in total. The zero-order valence-electron chi connectivity index (χ0n) is 11.1. The van der Waals surface area contributed by atoms with Gasteiger partial charge in [-0.1, -0.05) is 6.07 Å². The third-order valence-corrected chi connectivity index (χ3v) is 2.79. The Balaban J connectivity index is 2.19. The maximum absolute atomic E-state index is 11.1. The summed E-state index contributed by atoms with van der Waals surface area (Å²) < 4.78 is 10.9. The molecule has 0 saturated heterocycles. The number of hydrogen-bond donors (Lipinski definition) is 1. The second-order valence-corrected chi connectivity index (χ2v) is 4.34. The smallest absolute Gasteiger partial charge is 0.339 e. The van der Waals surface area contributed by atoms with E-state index < -0.39 is 5.97 Å². The van der Waals surface area contributed by atoms with Crippen molar-refractivity contribution in [3.05, 3.63) is 46.7 Å². The normalized spacial score (nSPS) is 10.5. The van der Waals surface area contributed by atoms with E-state index in [0.29, 0.717) is 11.6 Å². The number of oxazole rings is 1. The number of carbonyl (C=O) groups is 1. The predicted molar refractivity (Wildman–Crippen MR) is 68.4 cm³/mol. The molecule has 1 heterocycles. The lowest BCUT2D eigenvalue weighted by Gasteiger charge is -2.08. The fourth-order valence-corrected chi connectivity index (χ4v) is 1.67. The van der Waals surface area contributed by atoms with E-state index in [2.05, 4.69) is 4.98 Å². The van der Waals surface area contributed by atoms with Crippen LogP contribution in [0, 0.1) is 20.8 Å². The number of hydrogen-bond acceptors (Lipinski definition) is 4. The van der Waals surface area contributed by atoms with Gasteiger partial charge in [-0.2, -0.15) is 0 Å². The molecule has 1 aromatic carbocycles. The molecule has 0 saturated carbocycles. The van der Waals surface area contributed by atoms with E-state index in [0.717, 1.165) is 17.0 Å². The summed E-state index contributed by atoms with van der Waals surface area (Å²) in [6, 6.07) is 4.95. The van der Waals surface area contributed by atoms with Crippen molar-refractivity contribution < 1.29 is 19.1 Å². The number of carboxylic acid groups (broad SMARTS) is 1. The van der Waals surface area contributed by atoms with Crippen molar-refractivity contribution in [2.24, 2.45) is 0 Å². The van der Waals surface area contributed by atoms with Gasteiger partial charge in [0.25, 0.3) is 0 Å². The molecule has 0 unspecified atom stereocenters. The summed E-state index contributed by atoms with van der Waals surface area (Å²) in [6.45, 7) is 5.65. The quantitative estimate of drug-likeness (QED) is 0.916. The minimum atomic E-state index is -1.02. The molecule has 0 fully saturated rings. The van der Waals surface area contributed by atoms with Crippen LogP contribution in [-0.4, -0.2) is 16.1 Å². The van der Waals surface area contributed by atoms with Crippen LogP contribution >= 0.6 is 0 Å². The van der Waals surface area contributed by atoms with Gasteiger partial charge in [-0.05, 0) is 38.5 Å². The van der Waals surface area contributed by atoms with Gasteiger partial charge in [0.1, 0.15) is 17.1 Å². The number of aryl methyl sites for hydroxylation is 3. The third kappa shape index (κ3) is 2.93. The molecule has 0 bridgehead atoms. The zero-order chi connectivity index (χ0) is 14.0. The number of aromatic carboxylic acids is 1. The Morgan fingerprint density at radius 2 is 2.11 bits per heavy atom. The molecule has 5 heteroatoms. The van der Waals surface area contributed by atoms with Crippen LogP contribution in [0.5, 0.6) is 5.75 Å². The van der Waals surface area contributed by atoms with Gasteiger partial charge in [0.2, 0.25) is 5.89 Å². The molecule has 0 amide bonds. The standard InChI is InChI=1S/C14H15NO4/c1-8-4-5-11(14(16)17)12(6-8)18-7-13-15-9(2)10(3)19-13/h4-6H,7H2,1-3H3,(H,16,17). The number of nitrogens with zero attached hydrogens (tertiary/aromatic N) is 1. The Kier molecular flexibility index (Phi) is 3.55. The monoisotopic (exact) mass is 261 g/mol. The molecule has 19 heavy (non-hydrogen) atoms. The number of ether oxygens (including phenoxy) is 1. The molecule has 2 rings (SSSR count).